The zero-order valence-corrected chi connectivity index (χ0v) is 21.9. The zero-order chi connectivity index (χ0) is 25.2. The van der Waals surface area contributed by atoms with Crippen molar-refractivity contribution in [1.29, 1.82) is 0 Å². The normalized spacial score (nSPS) is 23.6. The van der Waals surface area contributed by atoms with E-state index in [9.17, 15) is 9.18 Å². The van der Waals surface area contributed by atoms with Gasteiger partial charge in [-0.1, -0.05) is 36.2 Å². The smallest absolute Gasteiger partial charge is 0.231 e. The highest BCUT2D eigenvalue weighted by molar-refractivity contribution is 6.42. The van der Waals surface area contributed by atoms with Crippen LogP contribution in [0.4, 0.5) is 10.2 Å². The van der Waals surface area contributed by atoms with Gasteiger partial charge in [0.05, 0.1) is 21.7 Å². The lowest BCUT2D eigenvalue weighted by atomic mass is 9.96. The fourth-order valence-electron chi connectivity index (χ4n) is 5.54. The molecule has 0 spiro atoms. The molecule has 10 heteroatoms. The zero-order valence-electron chi connectivity index (χ0n) is 20.4. The topological polar surface area (TPSA) is 70.6 Å². The van der Waals surface area contributed by atoms with Gasteiger partial charge < -0.3 is 19.9 Å². The number of alkyl halides is 1. The van der Waals surface area contributed by atoms with Crippen LogP contribution in [0.5, 0.6) is 0 Å². The van der Waals surface area contributed by atoms with Crippen LogP contribution in [0.1, 0.15) is 61.0 Å². The van der Waals surface area contributed by atoms with Crippen molar-refractivity contribution in [2.24, 2.45) is 0 Å². The third kappa shape index (κ3) is 5.32. The molecule has 2 fully saturated rings. The van der Waals surface area contributed by atoms with Crippen molar-refractivity contribution >= 4 is 34.9 Å². The first-order valence-electron chi connectivity index (χ1n) is 12.7. The quantitative estimate of drug-likeness (QED) is 0.587. The van der Waals surface area contributed by atoms with Crippen LogP contribution in [0.15, 0.2) is 24.5 Å². The van der Waals surface area contributed by atoms with E-state index in [-0.39, 0.29) is 17.7 Å². The minimum Gasteiger partial charge on any atom is -0.381 e. The molecule has 7 nitrogen and oxygen atoms in total. The number of piperazine rings is 1. The van der Waals surface area contributed by atoms with E-state index in [1.807, 2.05) is 17.9 Å². The van der Waals surface area contributed by atoms with Crippen molar-refractivity contribution in [1.82, 2.24) is 20.2 Å². The van der Waals surface area contributed by atoms with E-state index in [4.69, 9.17) is 27.9 Å². The van der Waals surface area contributed by atoms with Crippen molar-refractivity contribution < 1.29 is 13.9 Å². The third-order valence-electron chi connectivity index (χ3n) is 7.61. The number of ether oxygens (including phenoxy) is 1. The number of fused-ring (bicyclic) bond motifs is 1. The van der Waals surface area contributed by atoms with Crippen LogP contribution in [-0.4, -0.2) is 72.8 Å². The van der Waals surface area contributed by atoms with E-state index in [0.717, 1.165) is 43.0 Å². The first-order valence-corrected chi connectivity index (χ1v) is 13.5. The molecule has 3 heterocycles. The molecular weight excluding hydrogens is 504 g/mol. The molecule has 1 amide bonds. The molecular formula is C26H32Cl2FN5O2. The van der Waals surface area contributed by atoms with Crippen LogP contribution in [0.3, 0.4) is 0 Å². The first-order chi connectivity index (χ1) is 17.4. The molecule has 1 aromatic heterocycles. The molecule has 3 aliphatic rings. The van der Waals surface area contributed by atoms with Crippen LogP contribution in [-0.2, 0) is 9.53 Å². The second kappa shape index (κ2) is 11.2. The molecule has 5 rings (SSSR count). The van der Waals surface area contributed by atoms with E-state index < -0.39 is 6.17 Å². The summed E-state index contributed by atoms with van der Waals surface area (Å²) in [4.78, 5) is 26.6. The predicted molar refractivity (Wildman–Crippen MR) is 139 cm³/mol. The van der Waals surface area contributed by atoms with Crippen LogP contribution in [0, 0.1) is 0 Å². The van der Waals surface area contributed by atoms with Crippen molar-refractivity contribution in [3.63, 3.8) is 0 Å². The summed E-state index contributed by atoms with van der Waals surface area (Å²) >= 11 is 12.5. The highest BCUT2D eigenvalue weighted by Crippen LogP contribution is 2.44. The Balaban J connectivity index is 1.29. The first kappa shape index (κ1) is 25.6. The van der Waals surface area contributed by atoms with Gasteiger partial charge in [-0.05, 0) is 42.9 Å². The number of aromatic nitrogens is 2. The molecule has 3 atom stereocenters. The maximum atomic E-state index is 14.4. The summed E-state index contributed by atoms with van der Waals surface area (Å²) in [7, 11) is 0. The summed E-state index contributed by atoms with van der Waals surface area (Å²) in [6.45, 7) is 6.44. The number of hydrogen-bond donors (Lipinski definition) is 1. The van der Waals surface area contributed by atoms with E-state index in [1.54, 1.807) is 12.1 Å². The number of anilines is 1. The Morgan fingerprint density at radius 1 is 1.17 bits per heavy atom. The monoisotopic (exact) mass is 535 g/mol. The predicted octanol–water partition coefficient (Wildman–Crippen LogP) is 4.50. The fourth-order valence-corrected chi connectivity index (χ4v) is 5.84. The van der Waals surface area contributed by atoms with Gasteiger partial charge in [0.2, 0.25) is 5.91 Å². The Hall–Kier alpha value is -2.00. The largest absolute Gasteiger partial charge is 0.381 e. The van der Waals surface area contributed by atoms with Crippen molar-refractivity contribution in [3.8, 4) is 0 Å². The maximum absolute atomic E-state index is 14.4. The van der Waals surface area contributed by atoms with Gasteiger partial charge in [-0.2, -0.15) is 0 Å². The Morgan fingerprint density at radius 3 is 2.64 bits per heavy atom. The Bertz CT molecular complexity index is 1090. The minimum absolute atomic E-state index is 0.0673. The molecule has 2 aliphatic heterocycles. The Labute approximate surface area is 221 Å². The van der Waals surface area contributed by atoms with Gasteiger partial charge in [0.25, 0.3) is 0 Å². The summed E-state index contributed by atoms with van der Waals surface area (Å²) in [5, 5.41) is 4.50. The lowest BCUT2D eigenvalue weighted by Crippen LogP contribution is -2.51. The van der Waals surface area contributed by atoms with Gasteiger partial charge in [0, 0.05) is 57.5 Å². The number of carbonyl (C=O) groups excluding carboxylic acids is 1. The molecule has 36 heavy (non-hydrogen) atoms. The summed E-state index contributed by atoms with van der Waals surface area (Å²) in [6, 6.07) is 5.76. The van der Waals surface area contributed by atoms with Gasteiger partial charge in [-0.3, -0.25) is 4.79 Å². The van der Waals surface area contributed by atoms with Crippen LogP contribution in [0.25, 0.3) is 0 Å². The standard InChI is InChI=1S/C26H32Cl2FN5O2/c1-16-12-22(29)24-23(16)25(32-15-31-24)33-6-8-34(9-7-33)26(35)19(14-30-18-4-10-36-11-5-18)17-2-3-20(27)21(28)13-17/h2-3,13,15-16,18-19,22,30H,4-12,14H2,1H3. The summed E-state index contributed by atoms with van der Waals surface area (Å²) in [5.74, 6) is 0.589. The lowest BCUT2D eigenvalue weighted by Gasteiger charge is -2.38. The number of halogens is 3. The molecule has 3 unspecified atom stereocenters. The van der Waals surface area contributed by atoms with Gasteiger partial charge in [-0.25, -0.2) is 14.4 Å². The van der Waals surface area contributed by atoms with Gasteiger partial charge in [-0.15, -0.1) is 0 Å². The average Bonchev–Trinajstić information content (AvgIpc) is 3.20. The van der Waals surface area contributed by atoms with Gasteiger partial charge >= 0.3 is 0 Å². The molecule has 2 aromatic rings. The molecule has 1 aliphatic carbocycles. The Kier molecular flexibility index (Phi) is 7.96. The van der Waals surface area contributed by atoms with Crippen LogP contribution in [0.2, 0.25) is 10.0 Å². The highest BCUT2D eigenvalue weighted by Gasteiger charge is 2.36. The number of nitrogens with zero attached hydrogens (tertiary/aromatic N) is 4. The molecule has 1 N–H and O–H groups in total. The molecule has 0 radical (unpaired) electrons. The number of rotatable bonds is 6. The molecule has 0 saturated carbocycles. The maximum Gasteiger partial charge on any atom is 0.231 e. The van der Waals surface area contributed by atoms with E-state index >= 15 is 0 Å². The van der Waals surface area contributed by atoms with Crippen molar-refractivity contribution in [2.45, 2.75) is 50.2 Å². The molecule has 2 saturated heterocycles. The molecule has 1 aromatic carbocycles. The van der Waals surface area contributed by atoms with E-state index in [1.165, 1.54) is 6.33 Å². The second-order valence-electron chi connectivity index (χ2n) is 9.93. The number of hydrogen-bond acceptors (Lipinski definition) is 6. The SMILES string of the molecule is CC1CC(F)c2ncnc(N3CCN(C(=O)C(CNC4CCOCC4)c4ccc(Cl)c(Cl)c4)CC3)c21. The third-order valence-corrected chi connectivity index (χ3v) is 8.35. The summed E-state index contributed by atoms with van der Waals surface area (Å²) in [6.07, 6.45) is 2.74. The van der Waals surface area contributed by atoms with Crippen LogP contribution >= 0.6 is 23.2 Å². The molecule has 194 valence electrons. The van der Waals surface area contributed by atoms with E-state index in [0.29, 0.717) is 60.9 Å². The van der Waals surface area contributed by atoms with Gasteiger partial charge in [0.15, 0.2) is 0 Å². The number of benzene rings is 1. The summed E-state index contributed by atoms with van der Waals surface area (Å²) in [5.41, 5.74) is 2.29. The number of amides is 1. The fraction of sp³-hybridized carbons (Fsp3) is 0.577. The van der Waals surface area contributed by atoms with Crippen LogP contribution < -0.4 is 10.2 Å². The number of nitrogens with one attached hydrogen (secondary N) is 1. The average molecular weight is 536 g/mol. The lowest BCUT2D eigenvalue weighted by molar-refractivity contribution is -0.133. The summed E-state index contributed by atoms with van der Waals surface area (Å²) < 4.78 is 19.9. The van der Waals surface area contributed by atoms with Crippen molar-refractivity contribution in [3.05, 3.63) is 51.4 Å². The van der Waals surface area contributed by atoms with Crippen molar-refractivity contribution in [2.75, 3.05) is 50.8 Å². The minimum atomic E-state index is -1.03. The Morgan fingerprint density at radius 2 is 1.92 bits per heavy atom. The van der Waals surface area contributed by atoms with Gasteiger partial charge in [0.1, 0.15) is 18.3 Å². The highest BCUT2D eigenvalue weighted by atomic mass is 35.5. The second-order valence-corrected chi connectivity index (χ2v) is 10.7. The molecule has 0 bridgehead atoms. The number of carbonyl (C=O) groups is 1. The van der Waals surface area contributed by atoms with E-state index in [2.05, 4.69) is 20.2 Å².